The highest BCUT2D eigenvalue weighted by molar-refractivity contribution is 7.32. The standard InChI is InChI=1S/C49H59O8P/c1-27-13-29(3)42-36(15-27)37-16-28(2)14-30(4)43(37)56-58(55-42)57-45-39(21-35(52-12)23-41(45)48(8,9)10)38-20-34(51-11)22-40(47(5,6)7)44(38)53-46(50)54-49-24-31-17-32(25-49)19-33(18-31)26-49/h13-16,20-23,31-33H,17-19,24-26H2,1-12H3. The number of ether oxygens (including phenoxy) is 4. The zero-order valence-electron chi connectivity index (χ0n) is 36.3. The largest absolute Gasteiger partial charge is 0.514 e. The highest BCUT2D eigenvalue weighted by Crippen LogP contribution is 2.58. The molecule has 4 aliphatic carbocycles. The molecule has 308 valence electrons. The Morgan fingerprint density at radius 2 is 1.07 bits per heavy atom. The van der Waals surface area contributed by atoms with Gasteiger partial charge in [0.2, 0.25) is 0 Å². The third-order valence-electron chi connectivity index (χ3n) is 12.6. The van der Waals surface area contributed by atoms with Gasteiger partial charge in [-0.15, -0.1) is 0 Å². The maximum atomic E-state index is 14.3. The summed E-state index contributed by atoms with van der Waals surface area (Å²) < 4.78 is 45.8. The third-order valence-corrected chi connectivity index (χ3v) is 13.6. The zero-order valence-corrected chi connectivity index (χ0v) is 37.2. The number of hydrogen-bond donors (Lipinski definition) is 0. The lowest BCUT2D eigenvalue weighted by atomic mass is 9.54. The van der Waals surface area contributed by atoms with Crippen LogP contribution in [0.25, 0.3) is 33.1 Å². The number of carbonyl (C=O) groups is 1. The topological polar surface area (TPSA) is 89.5 Å². The SMILES string of the molecule is COc1cc(-c2cc(OC)cc(C(C)(C)C)c2Op2oc3c(C)cc(C)cc3c3cc(C)cc(C)c3o2)c(OC(=O)OC23CC4CC(CC(C4)C2)C3)c(C(C)(C)C)c1. The van der Waals surface area contributed by atoms with E-state index in [0.717, 1.165) is 74.6 Å². The van der Waals surface area contributed by atoms with Gasteiger partial charge in [0.05, 0.1) is 14.2 Å². The van der Waals surface area contributed by atoms with Crippen molar-refractivity contribution in [3.8, 4) is 34.1 Å². The average Bonchev–Trinajstić information content (AvgIpc) is 3.27. The Bertz CT molecular complexity index is 2370. The van der Waals surface area contributed by atoms with E-state index in [-0.39, 0.29) is 0 Å². The van der Waals surface area contributed by atoms with Crippen molar-refractivity contribution >= 4 is 36.3 Å². The van der Waals surface area contributed by atoms with E-state index < -0.39 is 30.8 Å². The molecule has 0 spiro atoms. The van der Waals surface area contributed by atoms with Crippen LogP contribution in [0.5, 0.6) is 23.0 Å². The summed E-state index contributed by atoms with van der Waals surface area (Å²) in [5.41, 5.74) is 7.24. The first-order chi connectivity index (χ1) is 27.3. The molecule has 4 saturated carbocycles. The molecule has 0 atom stereocenters. The van der Waals surface area contributed by atoms with Crippen molar-refractivity contribution in [1.29, 1.82) is 0 Å². The highest BCUT2D eigenvalue weighted by Gasteiger charge is 2.53. The summed E-state index contributed by atoms with van der Waals surface area (Å²) in [4.78, 5) is 14.3. The van der Waals surface area contributed by atoms with Gasteiger partial charge >= 0.3 is 14.4 Å². The Labute approximate surface area is 344 Å². The highest BCUT2D eigenvalue weighted by atomic mass is 31.1. The Morgan fingerprint density at radius 3 is 1.50 bits per heavy atom. The van der Waals surface area contributed by atoms with Gasteiger partial charge in [-0.3, -0.25) is 0 Å². The van der Waals surface area contributed by atoms with Crippen LogP contribution in [0.3, 0.4) is 0 Å². The molecule has 0 amide bonds. The number of hydrogen-bond acceptors (Lipinski definition) is 8. The van der Waals surface area contributed by atoms with Crippen molar-refractivity contribution in [3.05, 3.63) is 81.9 Å². The van der Waals surface area contributed by atoms with Crippen LogP contribution in [0.15, 0.2) is 56.9 Å². The lowest BCUT2D eigenvalue weighted by molar-refractivity contribution is -0.135. The van der Waals surface area contributed by atoms with Crippen LogP contribution in [0, 0.1) is 45.4 Å². The predicted molar refractivity (Wildman–Crippen MR) is 232 cm³/mol. The minimum Gasteiger partial charge on any atom is -0.497 e. The van der Waals surface area contributed by atoms with Gasteiger partial charge in [-0.05, 0) is 153 Å². The summed E-state index contributed by atoms with van der Waals surface area (Å²) in [7, 11) is 1.23. The van der Waals surface area contributed by atoms with Crippen molar-refractivity contribution in [2.45, 2.75) is 124 Å². The Hall–Kier alpha value is -4.55. The van der Waals surface area contributed by atoms with Crippen molar-refractivity contribution in [1.82, 2.24) is 0 Å². The summed E-state index contributed by atoms with van der Waals surface area (Å²) in [6.07, 6.45) is 5.79. The molecule has 0 unspecified atom stereocenters. The summed E-state index contributed by atoms with van der Waals surface area (Å²) in [5.74, 6) is 4.00. The van der Waals surface area contributed by atoms with E-state index in [2.05, 4.69) is 93.5 Å². The van der Waals surface area contributed by atoms with Crippen LogP contribution in [0.1, 0.15) is 113 Å². The van der Waals surface area contributed by atoms with E-state index in [4.69, 9.17) is 31.9 Å². The first kappa shape index (κ1) is 40.2. The van der Waals surface area contributed by atoms with Gasteiger partial charge in [0.25, 0.3) is 0 Å². The van der Waals surface area contributed by atoms with Crippen molar-refractivity contribution in [2.75, 3.05) is 14.2 Å². The van der Waals surface area contributed by atoms with Gasteiger partial charge in [-0.2, -0.15) is 0 Å². The average molecular weight is 807 g/mol. The molecule has 8 nitrogen and oxygen atoms in total. The van der Waals surface area contributed by atoms with E-state index in [1.54, 1.807) is 14.2 Å². The number of methoxy groups -OCH3 is 2. The maximum absolute atomic E-state index is 14.3. The molecule has 1 heterocycles. The lowest BCUT2D eigenvalue weighted by Crippen LogP contribution is -2.53. The quantitative estimate of drug-likeness (QED) is 0.119. The van der Waals surface area contributed by atoms with Crippen LogP contribution in [0.2, 0.25) is 0 Å². The number of carbonyl (C=O) groups excluding carboxylic acids is 1. The van der Waals surface area contributed by atoms with E-state index >= 15 is 0 Å². The summed E-state index contributed by atoms with van der Waals surface area (Å²) in [6.45, 7) is 21.0. The van der Waals surface area contributed by atoms with E-state index in [1.165, 1.54) is 19.3 Å². The molecular weight excluding hydrogens is 748 g/mol. The second-order valence-electron chi connectivity index (χ2n) is 19.6. The molecule has 4 bridgehead atoms. The molecule has 4 aliphatic rings. The van der Waals surface area contributed by atoms with Gasteiger partial charge in [0, 0.05) is 33.0 Å². The molecule has 58 heavy (non-hydrogen) atoms. The Morgan fingerprint density at radius 1 is 0.638 bits per heavy atom. The fourth-order valence-electron chi connectivity index (χ4n) is 10.4. The maximum Gasteiger partial charge on any atom is 0.514 e. The lowest BCUT2D eigenvalue weighted by Gasteiger charge is -2.55. The first-order valence-corrected chi connectivity index (χ1v) is 21.9. The normalized spacial score (nSPS) is 21.3. The van der Waals surface area contributed by atoms with Gasteiger partial charge in [0.15, 0.2) is 0 Å². The number of rotatable bonds is 7. The van der Waals surface area contributed by atoms with Crippen LogP contribution >= 0.6 is 8.24 Å². The van der Waals surface area contributed by atoms with Crippen molar-refractivity contribution in [3.63, 3.8) is 0 Å². The van der Waals surface area contributed by atoms with Gasteiger partial charge < -0.3 is 31.9 Å². The van der Waals surface area contributed by atoms with Crippen molar-refractivity contribution in [2.24, 2.45) is 17.8 Å². The molecule has 0 aliphatic heterocycles. The molecule has 9 rings (SSSR count). The van der Waals surface area contributed by atoms with Crippen LogP contribution in [0.4, 0.5) is 4.79 Å². The molecular formula is C49H59O8P. The molecule has 1 aromatic heterocycles. The summed E-state index contributed by atoms with van der Waals surface area (Å²) in [6, 6.07) is 16.3. The van der Waals surface area contributed by atoms with E-state index in [1.807, 2.05) is 24.3 Å². The summed E-state index contributed by atoms with van der Waals surface area (Å²) >= 11 is 0. The molecule has 5 aromatic rings. The van der Waals surface area contributed by atoms with E-state index in [0.29, 0.717) is 51.9 Å². The minimum atomic E-state index is -2.07. The fourth-order valence-corrected chi connectivity index (χ4v) is 11.7. The Balaban J connectivity index is 1.35. The predicted octanol–water partition coefficient (Wildman–Crippen LogP) is 14.1. The first-order valence-electron chi connectivity index (χ1n) is 20.8. The minimum absolute atomic E-state index is 0.393. The summed E-state index contributed by atoms with van der Waals surface area (Å²) in [5, 5.41) is 1.93. The molecule has 4 fully saturated rings. The monoisotopic (exact) mass is 806 g/mol. The van der Waals surface area contributed by atoms with Gasteiger partial charge in [-0.25, -0.2) is 4.79 Å². The second-order valence-corrected chi connectivity index (χ2v) is 20.6. The molecule has 0 saturated heterocycles. The van der Waals surface area contributed by atoms with Crippen molar-refractivity contribution < 1.29 is 36.7 Å². The third kappa shape index (κ3) is 7.58. The molecule has 9 heteroatoms. The number of aryl methyl sites for hydroxylation is 4. The number of benzene rings is 4. The Kier molecular flexibility index (Phi) is 10.1. The van der Waals surface area contributed by atoms with Gasteiger partial charge in [0.1, 0.15) is 39.8 Å². The molecule has 4 aromatic carbocycles. The van der Waals surface area contributed by atoms with Gasteiger partial charge in [-0.1, -0.05) is 53.7 Å². The van der Waals surface area contributed by atoms with Crippen LogP contribution < -0.4 is 18.7 Å². The second kappa shape index (κ2) is 14.6. The zero-order chi connectivity index (χ0) is 41.5. The smallest absolute Gasteiger partial charge is 0.497 e. The van der Waals surface area contributed by atoms with Crippen LogP contribution in [-0.2, 0) is 15.6 Å². The molecule has 0 radical (unpaired) electrons. The fraction of sp³-hybridized carbons (Fsp3) is 0.490. The molecule has 0 N–H and O–H groups in total. The van der Waals surface area contributed by atoms with Crippen LogP contribution in [-0.4, -0.2) is 26.0 Å². The number of fused-ring (bicyclic) bond motifs is 3. The van der Waals surface area contributed by atoms with E-state index in [9.17, 15) is 4.79 Å².